The Bertz CT molecular complexity index is 2020. The number of hydrogen-bond acceptors (Lipinski definition) is 15. The number of piperidine rings is 1. The molecular formula is C52H79N5O12. The third-order valence-corrected chi connectivity index (χ3v) is 15.1. The van der Waals surface area contributed by atoms with Gasteiger partial charge in [0.15, 0.2) is 5.78 Å². The number of Topliss-reactive ketones (excluding diaryl/α,β-unsaturated/α-hetero) is 3. The number of fused-ring (bicyclic) bond motifs is 3. The number of nitrogens with zero attached hydrogens (tertiary/aromatic N) is 5. The summed E-state index contributed by atoms with van der Waals surface area (Å²) in [6.07, 6.45) is 13.4. The highest BCUT2D eigenvalue weighted by Crippen LogP contribution is 2.39. The molecule has 1 amide bonds. The van der Waals surface area contributed by atoms with E-state index < -0.39 is 77.8 Å². The van der Waals surface area contributed by atoms with Gasteiger partial charge < -0.3 is 38.8 Å². The van der Waals surface area contributed by atoms with Gasteiger partial charge in [-0.2, -0.15) is 0 Å². The van der Waals surface area contributed by atoms with Crippen molar-refractivity contribution in [2.45, 2.75) is 180 Å². The third kappa shape index (κ3) is 14.2. The van der Waals surface area contributed by atoms with Crippen LogP contribution in [0.5, 0.6) is 0 Å². The monoisotopic (exact) mass is 966 g/mol. The zero-order valence-corrected chi connectivity index (χ0v) is 42.5. The molecule has 2 saturated heterocycles. The molecule has 1 aromatic heterocycles. The van der Waals surface area contributed by atoms with Gasteiger partial charge in [-0.3, -0.25) is 19.2 Å². The first kappa shape index (κ1) is 55.7. The number of ketones is 3. The van der Waals surface area contributed by atoms with Gasteiger partial charge in [-0.05, 0) is 117 Å². The Hall–Kier alpha value is -4.26. The number of tetrazole rings is 1. The van der Waals surface area contributed by atoms with Crippen LogP contribution < -0.4 is 0 Å². The molecule has 17 heteroatoms. The minimum atomic E-state index is -2.86. The van der Waals surface area contributed by atoms with E-state index in [-0.39, 0.29) is 67.3 Å². The largest absolute Gasteiger partial charge is 0.460 e. The molecule has 0 spiro atoms. The first-order valence-electron chi connectivity index (χ1n) is 25.0. The van der Waals surface area contributed by atoms with Gasteiger partial charge in [0, 0.05) is 58.5 Å². The van der Waals surface area contributed by atoms with Crippen molar-refractivity contribution in [2.75, 3.05) is 27.9 Å². The lowest BCUT2D eigenvalue weighted by molar-refractivity contribution is -0.231. The van der Waals surface area contributed by atoms with Gasteiger partial charge in [-0.15, -0.1) is 5.10 Å². The van der Waals surface area contributed by atoms with Crippen molar-refractivity contribution >= 4 is 29.2 Å². The summed E-state index contributed by atoms with van der Waals surface area (Å²) < 4.78 is 31.7. The number of hydrogen-bond donors (Lipinski definition) is 2. The summed E-state index contributed by atoms with van der Waals surface area (Å²) in [5.74, 6) is -7.98. The summed E-state index contributed by atoms with van der Waals surface area (Å²) in [5, 5.41) is 35.4. The van der Waals surface area contributed by atoms with Crippen molar-refractivity contribution < 1.29 is 57.9 Å². The predicted molar refractivity (Wildman–Crippen MR) is 256 cm³/mol. The van der Waals surface area contributed by atoms with Crippen molar-refractivity contribution in [2.24, 2.45) is 35.5 Å². The lowest BCUT2D eigenvalue weighted by Crippen LogP contribution is -2.62. The predicted octanol–water partition coefficient (Wildman–Crippen LogP) is 6.05. The fraction of sp³-hybridized carbons (Fsp3) is 0.731. The topological polar surface area (TPSA) is 219 Å². The Morgan fingerprint density at radius 3 is 2.30 bits per heavy atom. The van der Waals surface area contributed by atoms with Crippen LogP contribution in [0.25, 0.3) is 0 Å². The van der Waals surface area contributed by atoms with E-state index in [1.807, 2.05) is 58.1 Å². The smallest absolute Gasteiger partial charge is 0.329 e. The average Bonchev–Trinajstić information content (AvgIpc) is 3.85. The van der Waals surface area contributed by atoms with E-state index >= 15 is 0 Å². The summed E-state index contributed by atoms with van der Waals surface area (Å²) >= 11 is 0. The fourth-order valence-corrected chi connectivity index (χ4v) is 10.7. The normalized spacial score (nSPS) is 36.3. The quantitative estimate of drug-likeness (QED) is 0.181. The second-order valence-corrected chi connectivity index (χ2v) is 20.4. The van der Waals surface area contributed by atoms with E-state index in [0.29, 0.717) is 50.5 Å². The van der Waals surface area contributed by atoms with Crippen molar-refractivity contribution in [1.82, 2.24) is 25.1 Å². The Morgan fingerprint density at radius 2 is 1.62 bits per heavy atom. The summed E-state index contributed by atoms with van der Waals surface area (Å²) in [7, 11) is 4.61. The zero-order chi connectivity index (χ0) is 50.6. The van der Waals surface area contributed by atoms with Crippen LogP contribution >= 0.6 is 0 Å². The molecule has 4 aliphatic rings. The summed E-state index contributed by atoms with van der Waals surface area (Å²) in [5.41, 5.74) is 1.24. The lowest BCUT2D eigenvalue weighted by atomic mass is 9.77. The van der Waals surface area contributed by atoms with Gasteiger partial charge in [-0.25, -0.2) is 9.48 Å². The summed E-state index contributed by atoms with van der Waals surface area (Å²) in [6, 6.07) is -1.21. The molecule has 0 radical (unpaired) electrons. The highest BCUT2D eigenvalue weighted by molar-refractivity contribution is 6.09. The number of aliphatic hydroxyl groups is 2. The first-order chi connectivity index (χ1) is 32.8. The first-order valence-corrected chi connectivity index (χ1v) is 25.0. The Balaban J connectivity index is 1.49. The van der Waals surface area contributed by atoms with Crippen LogP contribution in [0.1, 0.15) is 132 Å². The molecular weight excluding hydrogens is 887 g/mol. The van der Waals surface area contributed by atoms with Crippen molar-refractivity contribution in [3.8, 4) is 0 Å². The molecule has 384 valence electrons. The Kier molecular flexibility index (Phi) is 20.8. The highest BCUT2D eigenvalue weighted by Gasteiger charge is 2.55. The maximum absolute atomic E-state index is 14.7. The number of rotatable bonds is 7. The number of esters is 1. The molecule has 3 aliphatic heterocycles. The number of amides is 1. The van der Waals surface area contributed by atoms with Crippen molar-refractivity contribution in [3.63, 3.8) is 0 Å². The number of ether oxygens (including phenoxy) is 5. The molecule has 1 aromatic rings. The molecule has 0 aromatic carbocycles. The van der Waals surface area contributed by atoms with E-state index in [2.05, 4.69) is 15.5 Å². The van der Waals surface area contributed by atoms with Crippen LogP contribution in [0.4, 0.5) is 0 Å². The van der Waals surface area contributed by atoms with Gasteiger partial charge in [0.05, 0.1) is 24.4 Å². The van der Waals surface area contributed by atoms with E-state index in [9.17, 15) is 34.2 Å². The molecule has 4 heterocycles. The minimum absolute atomic E-state index is 0.0124. The van der Waals surface area contributed by atoms with Crippen LogP contribution in [-0.4, -0.2) is 141 Å². The van der Waals surface area contributed by atoms with Crippen LogP contribution in [-0.2, 0) is 47.7 Å². The van der Waals surface area contributed by atoms with Gasteiger partial charge in [-0.1, -0.05) is 71.1 Å². The number of methoxy groups -OCH3 is 3. The fourth-order valence-electron chi connectivity index (χ4n) is 10.7. The third-order valence-electron chi connectivity index (χ3n) is 15.1. The molecule has 3 fully saturated rings. The number of carbonyl (C=O) groups is 5. The number of cyclic esters (lactones) is 1. The molecule has 2 bridgehead atoms. The van der Waals surface area contributed by atoms with Crippen LogP contribution in [0, 0.1) is 35.5 Å². The maximum Gasteiger partial charge on any atom is 0.329 e. The van der Waals surface area contributed by atoms with Gasteiger partial charge in [0.1, 0.15) is 36.5 Å². The van der Waals surface area contributed by atoms with Gasteiger partial charge in [0.25, 0.3) is 5.91 Å². The molecule has 15 atom stereocenters. The maximum atomic E-state index is 14.7. The number of carbonyl (C=O) groups excluding carboxylic acids is 5. The highest BCUT2D eigenvalue weighted by atomic mass is 16.6. The van der Waals surface area contributed by atoms with Gasteiger partial charge in [0.2, 0.25) is 5.78 Å². The average molecular weight is 966 g/mol. The van der Waals surface area contributed by atoms with Crippen molar-refractivity contribution in [3.05, 3.63) is 53.9 Å². The second-order valence-electron chi connectivity index (χ2n) is 20.4. The number of aromatic nitrogens is 4. The number of allylic oxidation sites excluding steroid dienone is 6. The lowest BCUT2D eigenvalue weighted by Gasteiger charge is -2.40. The van der Waals surface area contributed by atoms with E-state index in [1.165, 1.54) is 12.0 Å². The molecule has 1 saturated carbocycles. The Labute approximate surface area is 408 Å². The minimum Gasteiger partial charge on any atom is -0.460 e. The molecule has 17 nitrogen and oxygen atoms in total. The molecule has 5 rings (SSSR count). The standard InChI is InChI=1S/C52H79N5O12/c1-31-16-12-11-13-17-32(2)43(65-8)28-39-21-19-33(3)49(61)52(64,69-39)51(63)56-23-15-14-18-41(56)50(62)68-44(35(5)26-38-20-22-40(45(27-38)66-9)57-30-53-54-55-57)29-42(58)34(4)25-37(7)47(60)48(67-10)46(59)36(6)24-31/h11-13,16-17,25,30-31,33-36,38-41,43-45,47-48,60,64H,14-15,18-24,26-29H2,1-10H3/t31-,33-,34-,35-,36-,38+,39+,40+,41+,43+,44+,45-,47-,48+,52?/m1/s1. The Morgan fingerprint density at radius 1 is 0.870 bits per heavy atom. The summed E-state index contributed by atoms with van der Waals surface area (Å²) in [6.45, 7) is 12.8. The zero-order valence-electron chi connectivity index (χ0n) is 42.5. The van der Waals surface area contributed by atoms with Gasteiger partial charge >= 0.3 is 11.8 Å². The van der Waals surface area contributed by atoms with Crippen molar-refractivity contribution in [1.29, 1.82) is 0 Å². The number of aliphatic hydroxyl groups excluding tert-OH is 1. The van der Waals surface area contributed by atoms with Crippen LogP contribution in [0.15, 0.2) is 53.9 Å². The SMILES string of the molecule is CO[C@H]1C[C@@H]2CC[C@@H](C)C(=O)C(O)(O2)C(=O)N2CCCC[C@H]2C(=O)O[C@H]([C@H](C)C[C@@H]2CC[C@H](n3cnnn3)[C@H](OC)C2)CC(=O)[C@H](C)C=C(C)[C@@H](O)[C@@H](OC)C(=O)[C@H](C)C[C@H](C)C=CC=CC=C1C. The molecule has 69 heavy (non-hydrogen) atoms. The van der Waals surface area contributed by atoms with Crippen LogP contribution in [0.3, 0.4) is 0 Å². The second kappa shape index (κ2) is 25.7. The van der Waals surface area contributed by atoms with E-state index in [0.717, 1.165) is 18.4 Å². The molecule has 1 aliphatic carbocycles. The van der Waals surface area contributed by atoms with E-state index in [4.69, 9.17) is 23.7 Å². The molecule has 2 N–H and O–H groups in total. The van der Waals surface area contributed by atoms with E-state index in [1.54, 1.807) is 52.1 Å². The molecule has 1 unspecified atom stereocenters. The summed E-state index contributed by atoms with van der Waals surface area (Å²) in [4.78, 5) is 72.6. The van der Waals surface area contributed by atoms with Crippen LogP contribution in [0.2, 0.25) is 0 Å².